The Balaban J connectivity index is 0.00000225. The summed E-state index contributed by atoms with van der Waals surface area (Å²) in [6.07, 6.45) is 1.72. The van der Waals surface area contributed by atoms with Crippen molar-refractivity contribution in [2.24, 2.45) is 0 Å². The molecular weight excluding hydrogens is 554 g/mol. The van der Waals surface area contributed by atoms with Gasteiger partial charge in [0.15, 0.2) is 0 Å². The largest absolute Gasteiger partial charge is 1.00 e. The van der Waals surface area contributed by atoms with E-state index in [2.05, 4.69) is 0 Å². The smallest absolute Gasteiger partial charge is 0.433 e. The maximum absolute atomic E-state index is 12.9. The van der Waals surface area contributed by atoms with Crippen molar-refractivity contribution in [3.8, 4) is 11.3 Å². The fourth-order valence-electron chi connectivity index (χ4n) is 2.65. The highest BCUT2D eigenvalue weighted by Crippen LogP contribution is 2.39. The van der Waals surface area contributed by atoms with Crippen molar-refractivity contribution in [1.29, 1.82) is 0 Å². The molecule has 1 aromatic heterocycles. The highest BCUT2D eigenvalue weighted by atomic mass is 127. The number of aromatic nitrogens is 1. The fraction of sp³-hybridized carbons (Fsp3) is 0. The van der Waals surface area contributed by atoms with Gasteiger partial charge in [-0.1, -0.05) is 46.7 Å². The first kappa shape index (κ1) is 21.3. The van der Waals surface area contributed by atoms with E-state index in [1.807, 2.05) is 5.38 Å². The van der Waals surface area contributed by atoms with E-state index in [9.17, 15) is 14.9 Å². The van der Waals surface area contributed by atoms with Crippen molar-refractivity contribution < 1.29 is 38.3 Å². The van der Waals surface area contributed by atoms with Crippen LogP contribution in [-0.4, -0.2) is 10.8 Å². The minimum Gasteiger partial charge on any atom is -1.00 e. The Morgan fingerprint density at radius 3 is 2.64 bits per heavy atom. The molecule has 0 aliphatic carbocycles. The molecule has 4 rings (SSSR count). The second-order valence-electron chi connectivity index (χ2n) is 5.61. The third-order valence-electron chi connectivity index (χ3n) is 3.91. The van der Waals surface area contributed by atoms with Crippen LogP contribution in [0.25, 0.3) is 17.3 Å². The Kier molecular flexibility index (Phi) is 6.45. The van der Waals surface area contributed by atoms with Crippen molar-refractivity contribution >= 4 is 64.0 Å². The number of halogens is 3. The van der Waals surface area contributed by atoms with Gasteiger partial charge in [0.2, 0.25) is 5.69 Å². The Morgan fingerprint density at radius 1 is 1.14 bits per heavy atom. The molecule has 0 saturated carbocycles. The summed E-state index contributed by atoms with van der Waals surface area (Å²) >= 11 is 14.9. The number of benzene rings is 2. The first-order valence-electron chi connectivity index (χ1n) is 7.62. The van der Waals surface area contributed by atoms with Gasteiger partial charge in [-0.15, -0.1) is 4.57 Å². The van der Waals surface area contributed by atoms with E-state index in [0.29, 0.717) is 31.8 Å². The van der Waals surface area contributed by atoms with E-state index in [4.69, 9.17) is 23.2 Å². The van der Waals surface area contributed by atoms with Crippen LogP contribution in [0.15, 0.2) is 57.1 Å². The summed E-state index contributed by atoms with van der Waals surface area (Å²) in [5.74, 6) is -0.191. The van der Waals surface area contributed by atoms with Gasteiger partial charge < -0.3 is 24.0 Å². The van der Waals surface area contributed by atoms with E-state index >= 15 is 0 Å². The van der Waals surface area contributed by atoms with Crippen LogP contribution in [0.4, 0.5) is 5.69 Å². The van der Waals surface area contributed by atoms with Crippen LogP contribution < -0.4 is 28.5 Å². The zero-order chi connectivity index (χ0) is 19.1. The number of fused-ring (bicyclic) bond motifs is 1. The summed E-state index contributed by atoms with van der Waals surface area (Å²) in [5.41, 5.74) is 1.92. The number of hydrogen-bond donors (Lipinski definition) is 0. The SMILES string of the molecule is O=C1/C(=C/c2ccc(Cl)cc2Cl)Sc2scc(-c3cccc([N+](=O)[O-])c3)[n+]21.[I-]. The molecule has 142 valence electrons. The lowest BCUT2D eigenvalue weighted by molar-refractivity contribution is -0.588. The quantitative estimate of drug-likeness (QED) is 0.162. The number of nitrogens with zero attached hydrogens (tertiary/aromatic N) is 2. The average molecular weight is 563 g/mol. The molecule has 1 aliphatic heterocycles. The lowest BCUT2D eigenvalue weighted by Gasteiger charge is -1.99. The maximum Gasteiger partial charge on any atom is 0.433 e. The molecule has 10 heteroatoms. The number of nitro groups is 1. The molecule has 2 aromatic carbocycles. The van der Waals surface area contributed by atoms with Gasteiger partial charge in [0, 0.05) is 33.9 Å². The number of nitro benzene ring substituents is 1. The number of thioether (sulfide) groups is 1. The molecule has 0 N–H and O–H groups in total. The van der Waals surface area contributed by atoms with Crippen LogP contribution in [0.3, 0.4) is 0 Å². The predicted molar refractivity (Wildman–Crippen MR) is 108 cm³/mol. The van der Waals surface area contributed by atoms with E-state index in [-0.39, 0.29) is 35.6 Å². The molecule has 2 heterocycles. The summed E-state index contributed by atoms with van der Waals surface area (Å²) < 4.78 is 2.36. The molecule has 0 saturated heterocycles. The zero-order valence-electron chi connectivity index (χ0n) is 13.8. The Morgan fingerprint density at radius 2 is 1.93 bits per heavy atom. The third kappa shape index (κ3) is 3.97. The summed E-state index contributed by atoms with van der Waals surface area (Å²) in [5, 5.41) is 13.8. The average Bonchev–Trinajstić information content (AvgIpc) is 3.18. The van der Waals surface area contributed by atoms with Gasteiger partial charge >= 0.3 is 10.2 Å². The lowest BCUT2D eigenvalue weighted by Crippen LogP contribution is -3.00. The van der Waals surface area contributed by atoms with Crippen molar-refractivity contribution in [1.82, 2.24) is 0 Å². The summed E-state index contributed by atoms with van der Waals surface area (Å²) in [7, 11) is 0. The van der Waals surface area contributed by atoms with Crippen LogP contribution in [0, 0.1) is 10.1 Å². The molecule has 0 fully saturated rings. The van der Waals surface area contributed by atoms with E-state index in [1.54, 1.807) is 41.0 Å². The van der Waals surface area contributed by atoms with Gasteiger partial charge in [-0.2, -0.15) is 0 Å². The van der Waals surface area contributed by atoms with Crippen LogP contribution >= 0.6 is 46.3 Å². The third-order valence-corrected chi connectivity index (χ3v) is 6.60. The van der Waals surface area contributed by atoms with Crippen molar-refractivity contribution in [3.63, 3.8) is 0 Å². The molecule has 1 aliphatic rings. The molecule has 0 bridgehead atoms. The van der Waals surface area contributed by atoms with Crippen molar-refractivity contribution in [3.05, 3.63) is 78.5 Å². The minimum atomic E-state index is -0.453. The van der Waals surface area contributed by atoms with Gasteiger partial charge in [-0.05, 0) is 29.8 Å². The maximum atomic E-state index is 12.9. The van der Waals surface area contributed by atoms with Gasteiger partial charge in [0.1, 0.15) is 4.91 Å². The number of carbonyl (C=O) groups is 1. The Labute approximate surface area is 195 Å². The van der Waals surface area contributed by atoms with Crippen LogP contribution in [0.2, 0.25) is 10.0 Å². The standard InChI is InChI=1S/C18H9Cl2N2O3S2.HI/c19-12-5-4-10(14(20)8-12)7-16-17(23)21-15(9-26-18(21)27-16)11-2-1-3-13(6-11)22(24)25;/h1-9H;1H/q+1;/p-1/b16-7-;. The number of carbonyl (C=O) groups excluding carboxylic acids is 1. The normalized spacial score (nSPS) is 14.1. The summed E-state index contributed by atoms with van der Waals surface area (Å²) in [6, 6.07) is 11.3. The highest BCUT2D eigenvalue weighted by molar-refractivity contribution is 8.05. The van der Waals surface area contributed by atoms with Crippen molar-refractivity contribution in [2.75, 3.05) is 0 Å². The molecule has 0 unspecified atom stereocenters. The summed E-state index contributed by atoms with van der Waals surface area (Å²) in [4.78, 5) is 24.0. The van der Waals surface area contributed by atoms with Gasteiger partial charge in [0.05, 0.1) is 15.9 Å². The number of allylic oxidation sites excluding steroid dienone is 1. The minimum absolute atomic E-state index is 0. The van der Waals surface area contributed by atoms with E-state index in [1.165, 1.54) is 35.2 Å². The first-order valence-corrected chi connectivity index (χ1v) is 10.1. The second kappa shape index (κ2) is 8.50. The topological polar surface area (TPSA) is 64.1 Å². The number of rotatable bonds is 3. The Bertz CT molecular complexity index is 1150. The molecular formula is C18H9Cl2IN2O3S2. The van der Waals surface area contributed by atoms with Crippen LogP contribution in [-0.2, 0) is 0 Å². The number of thiazole rings is 1. The molecule has 0 radical (unpaired) electrons. The van der Waals surface area contributed by atoms with Crippen LogP contribution in [0.1, 0.15) is 10.4 Å². The number of hydrogen-bond acceptors (Lipinski definition) is 5. The van der Waals surface area contributed by atoms with Gasteiger partial charge in [-0.3, -0.25) is 10.1 Å². The fourth-order valence-corrected chi connectivity index (χ4v) is 5.28. The van der Waals surface area contributed by atoms with Gasteiger partial charge in [-0.25, -0.2) is 4.79 Å². The van der Waals surface area contributed by atoms with Crippen LogP contribution in [0.5, 0.6) is 0 Å². The van der Waals surface area contributed by atoms with E-state index in [0.717, 1.165) is 4.34 Å². The molecule has 3 aromatic rings. The monoisotopic (exact) mass is 562 g/mol. The lowest BCUT2D eigenvalue weighted by atomic mass is 10.1. The Hall–Kier alpha value is -1.46. The molecule has 0 atom stereocenters. The molecule has 0 spiro atoms. The molecule has 28 heavy (non-hydrogen) atoms. The number of non-ortho nitro benzene ring substituents is 1. The summed E-state index contributed by atoms with van der Waals surface area (Å²) in [6.45, 7) is 0. The van der Waals surface area contributed by atoms with Gasteiger partial charge in [0.25, 0.3) is 5.69 Å². The molecule has 5 nitrogen and oxygen atoms in total. The predicted octanol–water partition coefficient (Wildman–Crippen LogP) is 2.71. The zero-order valence-corrected chi connectivity index (χ0v) is 19.1. The van der Waals surface area contributed by atoms with E-state index < -0.39 is 4.92 Å². The second-order valence-corrected chi connectivity index (χ2v) is 8.60. The first-order chi connectivity index (χ1) is 12.9. The molecule has 0 amide bonds. The van der Waals surface area contributed by atoms with Crippen molar-refractivity contribution in [2.45, 2.75) is 4.34 Å². The highest BCUT2D eigenvalue weighted by Gasteiger charge is 2.41.